The van der Waals surface area contributed by atoms with Gasteiger partial charge in [0.1, 0.15) is 0 Å². The largest absolute Gasteiger partial charge is 0.355 e. The van der Waals surface area contributed by atoms with Gasteiger partial charge in [-0.15, -0.1) is 0 Å². The molecule has 0 aliphatic heterocycles. The second-order valence-electron chi connectivity index (χ2n) is 6.58. The van der Waals surface area contributed by atoms with Gasteiger partial charge in [0.2, 0.25) is 5.91 Å². The van der Waals surface area contributed by atoms with Crippen molar-refractivity contribution in [2.24, 2.45) is 0 Å². The molecule has 0 unspecified atom stereocenters. The summed E-state index contributed by atoms with van der Waals surface area (Å²) in [6.45, 7) is 6.42. The minimum Gasteiger partial charge on any atom is -0.355 e. The van der Waals surface area contributed by atoms with Gasteiger partial charge in [0.05, 0.1) is 21.8 Å². The van der Waals surface area contributed by atoms with E-state index in [9.17, 15) is 9.59 Å². The van der Waals surface area contributed by atoms with Crippen LogP contribution in [-0.2, 0) is 4.79 Å². The molecule has 0 radical (unpaired) electrons. The second-order valence-corrected chi connectivity index (χ2v) is 8.33. The third-order valence-corrected chi connectivity index (χ3v) is 5.58. The highest BCUT2D eigenvalue weighted by molar-refractivity contribution is 8.00. The van der Waals surface area contributed by atoms with Crippen LogP contribution in [-0.4, -0.2) is 27.3 Å². The van der Waals surface area contributed by atoms with Crippen molar-refractivity contribution >= 4 is 40.2 Å². The molecule has 7 heteroatoms. The molecule has 3 aromatic rings. The van der Waals surface area contributed by atoms with Crippen molar-refractivity contribution in [2.45, 2.75) is 37.6 Å². The van der Waals surface area contributed by atoms with E-state index in [-0.39, 0.29) is 11.5 Å². The van der Waals surface area contributed by atoms with Crippen molar-refractivity contribution in [2.75, 3.05) is 6.54 Å². The zero-order chi connectivity index (χ0) is 20.3. The van der Waals surface area contributed by atoms with Crippen molar-refractivity contribution in [1.82, 2.24) is 14.9 Å². The highest BCUT2D eigenvalue weighted by Gasteiger charge is 2.20. The number of aryl methyl sites for hydroxylation is 1. The Kier molecular flexibility index (Phi) is 6.42. The van der Waals surface area contributed by atoms with Crippen LogP contribution < -0.4 is 10.9 Å². The summed E-state index contributed by atoms with van der Waals surface area (Å²) in [4.78, 5) is 30.2. The van der Waals surface area contributed by atoms with Gasteiger partial charge in [-0.2, -0.15) is 0 Å². The second kappa shape index (κ2) is 8.80. The SMILES string of the molecule is CCCNC(=O)[C@@H](C)Sc1nc2cc(Cl)ccc2c(=O)n1-c1ccc(C)cc1. The molecule has 0 saturated carbocycles. The van der Waals surface area contributed by atoms with E-state index in [1.54, 1.807) is 22.8 Å². The van der Waals surface area contributed by atoms with Crippen LogP contribution in [0.5, 0.6) is 0 Å². The Bertz CT molecular complexity index is 1060. The Morgan fingerprint density at radius 2 is 1.96 bits per heavy atom. The minimum absolute atomic E-state index is 0.0808. The van der Waals surface area contributed by atoms with Crippen molar-refractivity contribution in [3.63, 3.8) is 0 Å². The molecule has 2 aromatic carbocycles. The van der Waals surface area contributed by atoms with Crippen molar-refractivity contribution in [3.05, 3.63) is 63.4 Å². The van der Waals surface area contributed by atoms with Crippen molar-refractivity contribution < 1.29 is 4.79 Å². The number of nitrogens with one attached hydrogen (secondary N) is 1. The van der Waals surface area contributed by atoms with E-state index in [2.05, 4.69) is 10.3 Å². The van der Waals surface area contributed by atoms with Crippen LogP contribution in [0.3, 0.4) is 0 Å². The van der Waals surface area contributed by atoms with Crippen LogP contribution in [0.1, 0.15) is 25.8 Å². The lowest BCUT2D eigenvalue weighted by Crippen LogP contribution is -2.32. The molecule has 1 heterocycles. The summed E-state index contributed by atoms with van der Waals surface area (Å²) >= 11 is 7.35. The predicted octanol–water partition coefficient (Wildman–Crippen LogP) is 4.35. The molecule has 0 bridgehead atoms. The number of carbonyl (C=O) groups is 1. The molecular formula is C21H22ClN3O2S. The van der Waals surface area contributed by atoms with Crippen LogP contribution in [0.4, 0.5) is 0 Å². The van der Waals surface area contributed by atoms with Gasteiger partial charge in [-0.25, -0.2) is 4.98 Å². The van der Waals surface area contributed by atoms with E-state index in [1.807, 2.05) is 45.0 Å². The van der Waals surface area contributed by atoms with E-state index in [0.717, 1.165) is 12.0 Å². The van der Waals surface area contributed by atoms with E-state index in [1.165, 1.54) is 11.8 Å². The van der Waals surface area contributed by atoms with E-state index in [0.29, 0.717) is 33.3 Å². The highest BCUT2D eigenvalue weighted by Crippen LogP contribution is 2.26. The van der Waals surface area contributed by atoms with Crippen LogP contribution in [0, 0.1) is 6.92 Å². The zero-order valence-corrected chi connectivity index (χ0v) is 17.6. The number of fused-ring (bicyclic) bond motifs is 1. The average molecular weight is 416 g/mol. The number of carbonyl (C=O) groups excluding carboxylic acids is 1. The number of amides is 1. The van der Waals surface area contributed by atoms with Crippen molar-refractivity contribution in [1.29, 1.82) is 0 Å². The number of halogens is 1. The Morgan fingerprint density at radius 1 is 1.25 bits per heavy atom. The number of benzene rings is 2. The Hall–Kier alpha value is -2.31. The number of hydrogen-bond donors (Lipinski definition) is 1. The normalized spacial score (nSPS) is 12.1. The van der Waals surface area contributed by atoms with Gasteiger partial charge >= 0.3 is 0 Å². The lowest BCUT2D eigenvalue weighted by Gasteiger charge is -2.16. The fraction of sp³-hybridized carbons (Fsp3) is 0.286. The molecule has 0 aliphatic carbocycles. The molecule has 1 amide bonds. The first-order valence-electron chi connectivity index (χ1n) is 9.14. The number of nitrogens with zero attached hydrogens (tertiary/aromatic N) is 2. The molecule has 0 spiro atoms. The summed E-state index contributed by atoms with van der Waals surface area (Å²) in [6.07, 6.45) is 0.865. The summed E-state index contributed by atoms with van der Waals surface area (Å²) in [7, 11) is 0. The first-order valence-corrected chi connectivity index (χ1v) is 10.4. The molecule has 0 fully saturated rings. The molecule has 28 heavy (non-hydrogen) atoms. The van der Waals surface area contributed by atoms with Gasteiger partial charge < -0.3 is 5.32 Å². The fourth-order valence-electron chi connectivity index (χ4n) is 2.74. The third-order valence-electron chi connectivity index (χ3n) is 4.29. The maximum Gasteiger partial charge on any atom is 0.266 e. The van der Waals surface area contributed by atoms with Crippen molar-refractivity contribution in [3.8, 4) is 5.69 Å². The minimum atomic E-state index is -0.396. The van der Waals surface area contributed by atoms with Crippen LogP contribution in [0.2, 0.25) is 5.02 Å². The standard InChI is InChI=1S/C21H22ClN3O2S/c1-4-11-23-19(26)14(3)28-21-24-18-12-15(22)7-10-17(18)20(27)25(21)16-8-5-13(2)6-9-16/h5-10,12,14H,4,11H2,1-3H3,(H,23,26)/t14-/m1/s1. The van der Waals surface area contributed by atoms with Crippen LogP contribution >= 0.6 is 23.4 Å². The maximum absolute atomic E-state index is 13.2. The maximum atomic E-state index is 13.2. The monoisotopic (exact) mass is 415 g/mol. The lowest BCUT2D eigenvalue weighted by molar-refractivity contribution is -0.120. The van der Waals surface area contributed by atoms with Gasteiger partial charge in [-0.1, -0.05) is 48.0 Å². The molecule has 5 nitrogen and oxygen atoms in total. The number of thioether (sulfide) groups is 1. The smallest absolute Gasteiger partial charge is 0.266 e. The fourth-order valence-corrected chi connectivity index (χ4v) is 3.86. The summed E-state index contributed by atoms with van der Waals surface area (Å²) in [5, 5.41) is 3.94. The Labute approximate surface area is 173 Å². The number of aromatic nitrogens is 2. The highest BCUT2D eigenvalue weighted by atomic mass is 35.5. The quantitative estimate of drug-likeness (QED) is 0.480. The van der Waals surface area contributed by atoms with Gasteiger partial charge in [0, 0.05) is 11.6 Å². The summed E-state index contributed by atoms with van der Waals surface area (Å²) < 4.78 is 1.56. The van der Waals surface area contributed by atoms with E-state index in [4.69, 9.17) is 11.6 Å². The van der Waals surface area contributed by atoms with E-state index < -0.39 is 5.25 Å². The zero-order valence-electron chi connectivity index (χ0n) is 16.0. The third kappa shape index (κ3) is 4.39. The van der Waals surface area contributed by atoms with Gasteiger partial charge in [0.15, 0.2) is 5.16 Å². The van der Waals surface area contributed by atoms with Gasteiger partial charge in [0.25, 0.3) is 5.56 Å². The molecule has 146 valence electrons. The Morgan fingerprint density at radius 3 is 2.64 bits per heavy atom. The molecule has 3 rings (SSSR count). The van der Waals surface area contributed by atoms with E-state index >= 15 is 0 Å². The molecular weight excluding hydrogens is 394 g/mol. The number of rotatable bonds is 6. The molecule has 0 saturated heterocycles. The average Bonchev–Trinajstić information content (AvgIpc) is 2.67. The lowest BCUT2D eigenvalue weighted by atomic mass is 10.2. The summed E-state index contributed by atoms with van der Waals surface area (Å²) in [5.41, 5.74) is 2.14. The predicted molar refractivity (Wildman–Crippen MR) is 116 cm³/mol. The van der Waals surface area contributed by atoms with Crippen LogP contribution in [0.15, 0.2) is 52.4 Å². The molecule has 0 aliphatic rings. The summed E-state index contributed by atoms with van der Waals surface area (Å²) in [6, 6.07) is 12.7. The van der Waals surface area contributed by atoms with Crippen LogP contribution in [0.25, 0.3) is 16.6 Å². The molecule has 1 aromatic heterocycles. The summed E-state index contributed by atoms with van der Waals surface area (Å²) in [5.74, 6) is -0.0808. The first kappa shape index (κ1) is 20.4. The van der Waals surface area contributed by atoms with Gasteiger partial charge in [-0.05, 0) is 50.6 Å². The molecule has 1 atom stereocenters. The van der Waals surface area contributed by atoms with Gasteiger partial charge in [-0.3, -0.25) is 14.2 Å². The Balaban J connectivity index is 2.13. The molecule has 1 N–H and O–H groups in total. The number of hydrogen-bond acceptors (Lipinski definition) is 4. The first-order chi connectivity index (χ1) is 13.4. The topological polar surface area (TPSA) is 64.0 Å².